The monoisotopic (exact) mass is 347 g/mol. The Morgan fingerprint density at radius 3 is 2.67 bits per heavy atom. The second kappa shape index (κ2) is 9.45. The first-order valence-corrected chi connectivity index (χ1v) is 8.63. The van der Waals surface area contributed by atoms with Crippen LogP contribution in [0, 0.1) is 6.92 Å². The Morgan fingerprint density at radius 1 is 1.08 bits per heavy atom. The molecule has 0 atom stereocenters. The van der Waals surface area contributed by atoms with Crippen molar-refractivity contribution < 1.29 is 0 Å². The Balaban J connectivity index is 1.84. The Hall–Kier alpha value is -1.85. The van der Waals surface area contributed by atoms with E-state index in [0.29, 0.717) is 5.95 Å². The van der Waals surface area contributed by atoms with Crippen LogP contribution in [-0.4, -0.2) is 48.6 Å². The number of aryl methyl sites for hydroxylation is 1. The zero-order valence-electron chi connectivity index (χ0n) is 14.6. The lowest BCUT2D eigenvalue weighted by atomic mass is 10.1. The summed E-state index contributed by atoms with van der Waals surface area (Å²) in [5.74, 6) is 1.53. The van der Waals surface area contributed by atoms with Crippen LogP contribution < -0.4 is 10.6 Å². The highest BCUT2D eigenvalue weighted by molar-refractivity contribution is 6.30. The van der Waals surface area contributed by atoms with E-state index in [0.717, 1.165) is 49.0 Å². The van der Waals surface area contributed by atoms with Gasteiger partial charge in [-0.2, -0.15) is 4.98 Å². The molecule has 0 aliphatic heterocycles. The highest BCUT2D eigenvalue weighted by Gasteiger charge is 2.02. The van der Waals surface area contributed by atoms with Crippen LogP contribution in [0.4, 0.5) is 11.8 Å². The van der Waals surface area contributed by atoms with E-state index >= 15 is 0 Å². The van der Waals surface area contributed by atoms with Crippen LogP contribution in [0.3, 0.4) is 0 Å². The Bertz CT molecular complexity index is 645. The SMILES string of the molecule is Cc1cc(NCCCN(C)C)nc(NCCc2cccc(Cl)c2)n1. The van der Waals surface area contributed by atoms with Gasteiger partial charge in [0.2, 0.25) is 5.95 Å². The average molecular weight is 348 g/mol. The van der Waals surface area contributed by atoms with Gasteiger partial charge in [0.25, 0.3) is 0 Å². The summed E-state index contributed by atoms with van der Waals surface area (Å²) < 4.78 is 0. The molecule has 0 aliphatic rings. The summed E-state index contributed by atoms with van der Waals surface area (Å²) in [5, 5.41) is 7.42. The maximum atomic E-state index is 6.01. The van der Waals surface area contributed by atoms with Gasteiger partial charge >= 0.3 is 0 Å². The van der Waals surface area contributed by atoms with Crippen LogP contribution in [0.5, 0.6) is 0 Å². The van der Waals surface area contributed by atoms with Crippen molar-refractivity contribution in [2.75, 3.05) is 44.4 Å². The quantitative estimate of drug-likeness (QED) is 0.680. The van der Waals surface area contributed by atoms with E-state index in [9.17, 15) is 0 Å². The Labute approximate surface area is 149 Å². The number of rotatable bonds is 9. The topological polar surface area (TPSA) is 53.1 Å². The van der Waals surface area contributed by atoms with E-state index in [2.05, 4.69) is 45.7 Å². The van der Waals surface area contributed by atoms with E-state index in [1.54, 1.807) is 0 Å². The largest absolute Gasteiger partial charge is 0.370 e. The lowest BCUT2D eigenvalue weighted by Gasteiger charge is -2.12. The van der Waals surface area contributed by atoms with Gasteiger partial charge in [0, 0.05) is 29.9 Å². The summed E-state index contributed by atoms with van der Waals surface area (Å²) in [4.78, 5) is 11.1. The van der Waals surface area contributed by atoms with E-state index in [1.165, 1.54) is 5.56 Å². The van der Waals surface area contributed by atoms with Crippen LogP contribution in [0.25, 0.3) is 0 Å². The average Bonchev–Trinajstić information content (AvgIpc) is 2.51. The first-order valence-electron chi connectivity index (χ1n) is 8.25. The summed E-state index contributed by atoms with van der Waals surface area (Å²) >= 11 is 6.01. The molecule has 0 saturated carbocycles. The Kier molecular flexibility index (Phi) is 7.28. The van der Waals surface area contributed by atoms with Crippen molar-refractivity contribution in [1.82, 2.24) is 14.9 Å². The summed E-state index contributed by atoms with van der Waals surface area (Å²) in [6, 6.07) is 9.88. The van der Waals surface area contributed by atoms with Crippen LogP contribution in [0.15, 0.2) is 30.3 Å². The number of nitrogens with one attached hydrogen (secondary N) is 2. The normalized spacial score (nSPS) is 10.9. The number of hydrogen-bond donors (Lipinski definition) is 2. The van der Waals surface area contributed by atoms with Crippen molar-refractivity contribution in [3.05, 3.63) is 46.6 Å². The molecule has 0 amide bonds. The van der Waals surface area contributed by atoms with E-state index < -0.39 is 0 Å². The van der Waals surface area contributed by atoms with Gasteiger partial charge in [-0.05, 0) is 58.1 Å². The third kappa shape index (κ3) is 6.72. The standard InChI is InChI=1S/C18H26ClN5/c1-14-12-17(20-9-5-11-24(2)3)23-18(22-14)21-10-8-15-6-4-7-16(19)13-15/h4,6-7,12-13H,5,8-11H2,1-3H3,(H2,20,21,22,23). The van der Waals surface area contributed by atoms with Crippen LogP contribution >= 0.6 is 11.6 Å². The predicted molar refractivity (Wildman–Crippen MR) is 102 cm³/mol. The highest BCUT2D eigenvalue weighted by Crippen LogP contribution is 2.12. The zero-order valence-corrected chi connectivity index (χ0v) is 15.4. The maximum Gasteiger partial charge on any atom is 0.224 e. The molecule has 6 heteroatoms. The first-order chi connectivity index (χ1) is 11.5. The van der Waals surface area contributed by atoms with Gasteiger partial charge in [-0.25, -0.2) is 4.98 Å². The summed E-state index contributed by atoms with van der Waals surface area (Å²) in [7, 11) is 4.16. The van der Waals surface area contributed by atoms with Crippen molar-refractivity contribution in [3.8, 4) is 0 Å². The van der Waals surface area contributed by atoms with Gasteiger partial charge in [-0.3, -0.25) is 0 Å². The molecule has 0 radical (unpaired) electrons. The lowest BCUT2D eigenvalue weighted by Crippen LogP contribution is -2.17. The summed E-state index contributed by atoms with van der Waals surface area (Å²) in [6.07, 6.45) is 1.96. The van der Waals surface area contributed by atoms with E-state index in [-0.39, 0.29) is 0 Å². The second-order valence-electron chi connectivity index (χ2n) is 6.11. The smallest absolute Gasteiger partial charge is 0.224 e. The predicted octanol–water partition coefficient (Wildman–Crippen LogP) is 3.46. The molecule has 24 heavy (non-hydrogen) atoms. The van der Waals surface area contributed by atoms with Gasteiger partial charge < -0.3 is 15.5 Å². The molecule has 0 aliphatic carbocycles. The third-order valence-corrected chi connectivity index (χ3v) is 3.76. The number of nitrogens with zero attached hydrogens (tertiary/aromatic N) is 3. The fourth-order valence-corrected chi connectivity index (χ4v) is 2.57. The summed E-state index contributed by atoms with van der Waals surface area (Å²) in [5.41, 5.74) is 2.15. The molecule has 0 unspecified atom stereocenters. The zero-order chi connectivity index (χ0) is 17.4. The van der Waals surface area contributed by atoms with E-state index in [4.69, 9.17) is 11.6 Å². The molecule has 2 aromatic rings. The molecule has 0 spiro atoms. The molecule has 2 N–H and O–H groups in total. The molecule has 1 heterocycles. The van der Waals surface area contributed by atoms with E-state index in [1.807, 2.05) is 31.2 Å². The first kappa shape index (κ1) is 18.5. The molecule has 130 valence electrons. The minimum Gasteiger partial charge on any atom is -0.370 e. The van der Waals surface area contributed by atoms with Crippen molar-refractivity contribution in [1.29, 1.82) is 0 Å². The van der Waals surface area contributed by atoms with Crippen molar-refractivity contribution in [2.24, 2.45) is 0 Å². The second-order valence-corrected chi connectivity index (χ2v) is 6.54. The highest BCUT2D eigenvalue weighted by atomic mass is 35.5. The molecule has 1 aromatic carbocycles. The van der Waals surface area contributed by atoms with Gasteiger partial charge in [0.05, 0.1) is 0 Å². The molecule has 1 aromatic heterocycles. The summed E-state index contributed by atoms with van der Waals surface area (Å²) in [6.45, 7) is 4.71. The van der Waals surface area contributed by atoms with Crippen LogP contribution in [0.2, 0.25) is 5.02 Å². The van der Waals surface area contributed by atoms with Gasteiger partial charge in [0.15, 0.2) is 0 Å². The van der Waals surface area contributed by atoms with Gasteiger partial charge in [-0.1, -0.05) is 23.7 Å². The van der Waals surface area contributed by atoms with Crippen molar-refractivity contribution >= 4 is 23.4 Å². The van der Waals surface area contributed by atoms with Gasteiger partial charge in [0.1, 0.15) is 5.82 Å². The minimum absolute atomic E-state index is 0.659. The number of hydrogen-bond acceptors (Lipinski definition) is 5. The lowest BCUT2D eigenvalue weighted by molar-refractivity contribution is 0.405. The molecule has 0 bridgehead atoms. The molecule has 5 nitrogen and oxygen atoms in total. The molecular formula is C18H26ClN5. The van der Waals surface area contributed by atoms with Crippen LogP contribution in [0.1, 0.15) is 17.7 Å². The molecule has 2 rings (SSSR count). The molecule has 0 saturated heterocycles. The maximum absolute atomic E-state index is 6.01. The Morgan fingerprint density at radius 2 is 1.92 bits per heavy atom. The van der Waals surface area contributed by atoms with Crippen molar-refractivity contribution in [3.63, 3.8) is 0 Å². The van der Waals surface area contributed by atoms with Crippen molar-refractivity contribution in [2.45, 2.75) is 19.8 Å². The number of halogens is 1. The van der Waals surface area contributed by atoms with Gasteiger partial charge in [-0.15, -0.1) is 0 Å². The fraction of sp³-hybridized carbons (Fsp3) is 0.444. The third-order valence-electron chi connectivity index (χ3n) is 3.53. The minimum atomic E-state index is 0.659. The number of anilines is 2. The number of aromatic nitrogens is 2. The number of benzene rings is 1. The molecular weight excluding hydrogens is 322 g/mol. The fourth-order valence-electron chi connectivity index (χ4n) is 2.36. The van der Waals surface area contributed by atoms with Crippen LogP contribution in [-0.2, 0) is 6.42 Å². The molecule has 0 fully saturated rings.